The molecule has 0 atom stereocenters. The van der Waals surface area contributed by atoms with Crippen molar-refractivity contribution >= 4 is 17.9 Å². The second-order valence-corrected chi connectivity index (χ2v) is 11.7. The minimum atomic E-state index is -1.18. The molecule has 0 aliphatic carbocycles. The van der Waals surface area contributed by atoms with Gasteiger partial charge in [-0.05, 0) is 32.1 Å². The van der Waals surface area contributed by atoms with E-state index in [-0.39, 0.29) is 43.4 Å². The van der Waals surface area contributed by atoms with E-state index in [1.54, 1.807) is 0 Å². The quantitative estimate of drug-likeness (QED) is 0.0517. The maximum atomic E-state index is 11.1. The van der Waals surface area contributed by atoms with Crippen molar-refractivity contribution in [2.24, 2.45) is 0 Å². The Kier molecular flexibility index (Phi) is 26.0. The Bertz CT molecular complexity index is 618. The number of nitrogens with zero attached hydrogens (tertiary/aromatic N) is 1. The predicted molar refractivity (Wildman–Crippen MR) is 161 cm³/mol. The highest BCUT2D eigenvalue weighted by molar-refractivity contribution is 5.67. The Morgan fingerprint density at radius 3 is 1.25 bits per heavy atom. The van der Waals surface area contributed by atoms with Gasteiger partial charge in [0.2, 0.25) is 0 Å². The summed E-state index contributed by atoms with van der Waals surface area (Å²) in [6.07, 6.45) is 29.7. The molecule has 0 aliphatic rings. The van der Waals surface area contributed by atoms with Gasteiger partial charge >= 0.3 is 11.9 Å². The molecule has 7 heteroatoms. The van der Waals surface area contributed by atoms with Crippen LogP contribution in [0.4, 0.5) is 0 Å². The molecule has 0 aromatic heterocycles. The first-order valence-electron chi connectivity index (χ1n) is 16.4. The number of rotatable bonds is 31. The van der Waals surface area contributed by atoms with Gasteiger partial charge in [0.15, 0.2) is 0 Å². The van der Waals surface area contributed by atoms with Crippen LogP contribution < -0.4 is 5.11 Å². The fourth-order valence-corrected chi connectivity index (χ4v) is 5.41. The van der Waals surface area contributed by atoms with Crippen molar-refractivity contribution in [1.29, 1.82) is 0 Å². The molecule has 7 nitrogen and oxygen atoms in total. The van der Waals surface area contributed by atoms with Gasteiger partial charge in [0.1, 0.15) is 0 Å². The maximum Gasteiger partial charge on any atom is 0.309 e. The van der Waals surface area contributed by atoms with E-state index in [0.717, 1.165) is 19.3 Å². The van der Waals surface area contributed by atoms with Crippen molar-refractivity contribution in [3.05, 3.63) is 12.2 Å². The van der Waals surface area contributed by atoms with E-state index in [0.29, 0.717) is 6.54 Å². The van der Waals surface area contributed by atoms with Gasteiger partial charge in [0.25, 0.3) is 0 Å². The molecule has 0 unspecified atom stereocenters. The van der Waals surface area contributed by atoms with Crippen molar-refractivity contribution < 1.29 is 34.2 Å². The van der Waals surface area contributed by atoms with E-state index in [1.165, 1.54) is 109 Å². The van der Waals surface area contributed by atoms with Crippen LogP contribution in [-0.2, 0) is 14.4 Å². The number of aliphatic carboxylic acids is 3. The molecule has 0 radical (unpaired) electrons. The molecule has 234 valence electrons. The van der Waals surface area contributed by atoms with Gasteiger partial charge in [-0.25, -0.2) is 0 Å². The van der Waals surface area contributed by atoms with Gasteiger partial charge in [-0.2, -0.15) is 0 Å². The number of allylic oxidation sites excluding steroid dienone is 2. The third-order valence-electron chi connectivity index (χ3n) is 8.03. The normalized spacial score (nSPS) is 11.8. The van der Waals surface area contributed by atoms with Gasteiger partial charge < -0.3 is 24.6 Å². The van der Waals surface area contributed by atoms with E-state index in [1.807, 2.05) is 0 Å². The summed E-state index contributed by atoms with van der Waals surface area (Å²) < 4.78 is 0.226. The SMILES string of the molecule is CCCC/C=C/CCCCCCCCCCCCCCCCCC[N+](CCC(=O)[O-])(CCC(=O)O)CCC(=O)O. The average Bonchev–Trinajstić information content (AvgIpc) is 2.92. The Morgan fingerprint density at radius 2 is 0.875 bits per heavy atom. The smallest absolute Gasteiger partial charge is 0.309 e. The third-order valence-corrected chi connectivity index (χ3v) is 8.03. The molecular weight excluding hydrogens is 506 g/mol. The first-order chi connectivity index (χ1) is 19.3. The molecule has 40 heavy (non-hydrogen) atoms. The standard InChI is InChI=1S/C33H61NO6/c1-2-3-4-5-6-7-8-9-10-11-12-13-14-15-16-17-18-19-20-21-22-23-27-34(28-24-31(35)36,29-25-32(37)38)30-26-33(39)40/h5-6H,2-4,7-30H2,1H3,(H2-,35,36,37,38,39,40)/b6-5+. The van der Waals surface area contributed by atoms with E-state index in [2.05, 4.69) is 19.1 Å². The van der Waals surface area contributed by atoms with E-state index < -0.39 is 17.9 Å². The van der Waals surface area contributed by atoms with E-state index in [4.69, 9.17) is 10.2 Å². The van der Waals surface area contributed by atoms with Gasteiger partial charge in [-0.15, -0.1) is 0 Å². The molecule has 0 heterocycles. The summed E-state index contributed by atoms with van der Waals surface area (Å²) in [5, 5.41) is 29.3. The fourth-order valence-electron chi connectivity index (χ4n) is 5.41. The minimum Gasteiger partial charge on any atom is -0.550 e. The van der Waals surface area contributed by atoms with Crippen LogP contribution in [0, 0.1) is 0 Å². The zero-order valence-corrected chi connectivity index (χ0v) is 25.7. The van der Waals surface area contributed by atoms with Crippen LogP contribution in [0.15, 0.2) is 12.2 Å². The summed E-state index contributed by atoms with van der Waals surface area (Å²) >= 11 is 0. The highest BCUT2D eigenvalue weighted by atomic mass is 16.4. The number of carbonyl (C=O) groups is 3. The highest BCUT2D eigenvalue weighted by Crippen LogP contribution is 2.17. The van der Waals surface area contributed by atoms with E-state index in [9.17, 15) is 19.5 Å². The number of quaternary nitrogens is 1. The summed E-state index contributed by atoms with van der Waals surface area (Å²) in [6.45, 7) is 3.59. The third kappa shape index (κ3) is 26.3. The molecule has 0 rings (SSSR count). The number of carboxylic acids is 3. The summed E-state index contributed by atoms with van der Waals surface area (Å²) in [4.78, 5) is 33.3. The molecule has 0 amide bonds. The lowest BCUT2D eigenvalue weighted by Crippen LogP contribution is -2.53. The Labute approximate surface area is 245 Å². The average molecular weight is 568 g/mol. The predicted octanol–water partition coefficient (Wildman–Crippen LogP) is 7.27. The summed E-state index contributed by atoms with van der Waals surface area (Å²) in [6, 6.07) is 0. The molecule has 0 aromatic rings. The minimum absolute atomic E-state index is 0.0933. The van der Waals surface area contributed by atoms with Crippen LogP contribution >= 0.6 is 0 Å². The summed E-state index contributed by atoms with van der Waals surface area (Å²) in [5.74, 6) is -3.07. The number of hydrogen-bond donors (Lipinski definition) is 2. The molecule has 0 saturated heterocycles. The molecule has 0 fully saturated rings. The topological polar surface area (TPSA) is 115 Å². The van der Waals surface area contributed by atoms with Crippen molar-refractivity contribution in [3.63, 3.8) is 0 Å². The number of carboxylic acid groups (broad SMARTS) is 3. The molecule has 0 bridgehead atoms. The molecule has 0 spiro atoms. The van der Waals surface area contributed by atoms with Crippen LogP contribution in [0.2, 0.25) is 0 Å². The van der Waals surface area contributed by atoms with Crippen LogP contribution in [0.5, 0.6) is 0 Å². The fraction of sp³-hybridized carbons (Fsp3) is 0.848. The van der Waals surface area contributed by atoms with Gasteiger partial charge in [-0.1, -0.05) is 115 Å². The largest absolute Gasteiger partial charge is 0.550 e. The zero-order chi connectivity index (χ0) is 29.7. The van der Waals surface area contributed by atoms with Crippen molar-refractivity contribution in [2.75, 3.05) is 26.2 Å². The molecule has 2 N–H and O–H groups in total. The van der Waals surface area contributed by atoms with Crippen LogP contribution in [0.25, 0.3) is 0 Å². The van der Waals surface area contributed by atoms with E-state index >= 15 is 0 Å². The zero-order valence-electron chi connectivity index (χ0n) is 25.7. The molecule has 0 saturated carbocycles. The first kappa shape index (κ1) is 38.1. The lowest BCUT2D eigenvalue weighted by molar-refractivity contribution is -0.927. The second kappa shape index (κ2) is 27.3. The van der Waals surface area contributed by atoms with Gasteiger partial charge in [-0.3, -0.25) is 9.59 Å². The van der Waals surface area contributed by atoms with Crippen molar-refractivity contribution in [1.82, 2.24) is 0 Å². The lowest BCUT2D eigenvalue weighted by atomic mass is 10.0. The van der Waals surface area contributed by atoms with Crippen LogP contribution in [0.3, 0.4) is 0 Å². The highest BCUT2D eigenvalue weighted by Gasteiger charge is 2.28. The summed E-state index contributed by atoms with van der Waals surface area (Å²) in [7, 11) is 0. The number of unbranched alkanes of at least 4 members (excludes halogenated alkanes) is 18. The van der Waals surface area contributed by atoms with Crippen molar-refractivity contribution in [2.45, 2.75) is 155 Å². The molecule has 0 aliphatic heterocycles. The van der Waals surface area contributed by atoms with Gasteiger partial charge in [0, 0.05) is 12.4 Å². The lowest BCUT2D eigenvalue weighted by Gasteiger charge is -2.38. The molecular formula is C33H61NO6. The number of hydrogen-bond acceptors (Lipinski definition) is 4. The van der Waals surface area contributed by atoms with Crippen LogP contribution in [-0.4, -0.2) is 58.8 Å². The second-order valence-electron chi connectivity index (χ2n) is 11.7. The Morgan fingerprint density at radius 1 is 0.525 bits per heavy atom. The first-order valence-corrected chi connectivity index (χ1v) is 16.4. The number of carbonyl (C=O) groups excluding carboxylic acids is 1. The maximum absolute atomic E-state index is 11.1. The summed E-state index contributed by atoms with van der Waals surface area (Å²) in [5.41, 5.74) is 0. The molecule has 0 aromatic carbocycles. The Hall–Kier alpha value is -1.89. The monoisotopic (exact) mass is 567 g/mol. The van der Waals surface area contributed by atoms with Crippen molar-refractivity contribution in [3.8, 4) is 0 Å². The van der Waals surface area contributed by atoms with Crippen LogP contribution in [0.1, 0.15) is 155 Å². The van der Waals surface area contributed by atoms with Gasteiger partial charge in [0.05, 0.1) is 39.0 Å². The Balaban J connectivity index is 3.80.